The summed E-state index contributed by atoms with van der Waals surface area (Å²) < 4.78 is 27.4. The number of fused-ring (bicyclic) bond motifs is 2. The molecule has 7 heteroatoms. The van der Waals surface area contributed by atoms with E-state index in [1.54, 1.807) is 41.1 Å². The van der Waals surface area contributed by atoms with Gasteiger partial charge in [-0.05, 0) is 49.7 Å². The zero-order valence-corrected chi connectivity index (χ0v) is 17.2. The van der Waals surface area contributed by atoms with Crippen molar-refractivity contribution in [2.45, 2.75) is 20.3 Å². The van der Waals surface area contributed by atoms with Crippen LogP contribution >= 0.6 is 0 Å². The van der Waals surface area contributed by atoms with Crippen LogP contribution in [0.2, 0.25) is 0 Å². The van der Waals surface area contributed by atoms with Crippen LogP contribution in [0.15, 0.2) is 48.7 Å². The van der Waals surface area contributed by atoms with E-state index in [-0.39, 0.29) is 12.3 Å². The van der Waals surface area contributed by atoms with Gasteiger partial charge in [-0.15, -0.1) is 0 Å². The first-order chi connectivity index (χ1) is 14.9. The topological polar surface area (TPSA) is 80.9 Å². The molecule has 6 nitrogen and oxygen atoms in total. The second kappa shape index (κ2) is 8.18. The van der Waals surface area contributed by atoms with Gasteiger partial charge in [-0.2, -0.15) is 0 Å². The Kier molecular flexibility index (Phi) is 5.42. The molecule has 0 amide bonds. The van der Waals surface area contributed by atoms with Crippen LogP contribution < -0.4 is 9.47 Å². The number of nitrogens with zero attached hydrogens (tertiary/aromatic N) is 1. The number of carboxylic acid groups (broad SMARTS) is 1. The van der Waals surface area contributed by atoms with E-state index in [0.717, 1.165) is 0 Å². The summed E-state index contributed by atoms with van der Waals surface area (Å²) in [6.45, 7) is 4.41. The molecule has 0 aliphatic rings. The van der Waals surface area contributed by atoms with Gasteiger partial charge in [0.2, 0.25) is 5.88 Å². The van der Waals surface area contributed by atoms with Crippen molar-refractivity contribution in [3.05, 3.63) is 60.0 Å². The van der Waals surface area contributed by atoms with Crippen molar-refractivity contribution in [1.29, 1.82) is 0 Å². The summed E-state index contributed by atoms with van der Waals surface area (Å²) in [5.41, 5.74) is 1.29. The zero-order chi connectivity index (χ0) is 22.1. The van der Waals surface area contributed by atoms with Gasteiger partial charge >= 0.3 is 5.97 Å². The van der Waals surface area contributed by atoms with Gasteiger partial charge < -0.3 is 19.7 Å². The minimum atomic E-state index is -0.913. The van der Waals surface area contributed by atoms with Crippen LogP contribution in [-0.2, 0) is 11.2 Å². The van der Waals surface area contributed by atoms with E-state index < -0.39 is 11.8 Å². The molecule has 0 aliphatic heterocycles. The van der Waals surface area contributed by atoms with E-state index in [0.29, 0.717) is 57.5 Å². The van der Waals surface area contributed by atoms with E-state index >= 15 is 0 Å². The molecular formula is C24H22FNO5. The maximum absolute atomic E-state index is 14.1. The number of aromatic hydroxyl groups is 1. The predicted octanol–water partition coefficient (Wildman–Crippen LogP) is 5.05. The van der Waals surface area contributed by atoms with Crippen molar-refractivity contribution in [2.75, 3.05) is 13.2 Å². The van der Waals surface area contributed by atoms with Crippen molar-refractivity contribution in [1.82, 2.24) is 4.57 Å². The van der Waals surface area contributed by atoms with Crippen molar-refractivity contribution in [2.24, 2.45) is 0 Å². The second-order valence-corrected chi connectivity index (χ2v) is 7.06. The molecular weight excluding hydrogens is 401 g/mol. The number of hydrogen-bond donors (Lipinski definition) is 2. The molecule has 4 rings (SSSR count). The smallest absolute Gasteiger partial charge is 0.307 e. The van der Waals surface area contributed by atoms with Crippen molar-refractivity contribution in [3.8, 4) is 23.1 Å². The van der Waals surface area contributed by atoms with Crippen LogP contribution in [0.4, 0.5) is 4.39 Å². The minimum absolute atomic E-state index is 0.0448. The molecule has 0 saturated heterocycles. The average molecular weight is 423 g/mol. The normalized spacial score (nSPS) is 11.2. The predicted molar refractivity (Wildman–Crippen MR) is 116 cm³/mol. The first-order valence-electron chi connectivity index (χ1n) is 10.0. The van der Waals surface area contributed by atoms with Crippen LogP contribution in [0.5, 0.6) is 17.4 Å². The lowest BCUT2D eigenvalue weighted by atomic mass is 10.0. The van der Waals surface area contributed by atoms with Gasteiger partial charge in [-0.1, -0.05) is 12.1 Å². The maximum atomic E-state index is 14.1. The highest BCUT2D eigenvalue weighted by Crippen LogP contribution is 2.48. The molecule has 0 spiro atoms. The zero-order valence-electron chi connectivity index (χ0n) is 17.2. The lowest BCUT2D eigenvalue weighted by molar-refractivity contribution is -0.136. The van der Waals surface area contributed by atoms with Crippen LogP contribution in [0, 0.1) is 5.82 Å². The first kappa shape index (κ1) is 20.5. The summed E-state index contributed by atoms with van der Waals surface area (Å²) in [4.78, 5) is 10.9. The second-order valence-electron chi connectivity index (χ2n) is 7.06. The highest BCUT2D eigenvalue weighted by atomic mass is 19.1. The highest BCUT2D eigenvalue weighted by molar-refractivity contribution is 6.13. The number of ether oxygens (including phenoxy) is 2. The van der Waals surface area contributed by atoms with Gasteiger partial charge in [0.05, 0.1) is 30.4 Å². The van der Waals surface area contributed by atoms with Crippen LogP contribution in [-0.4, -0.2) is 34.0 Å². The van der Waals surface area contributed by atoms with Gasteiger partial charge in [0.15, 0.2) is 0 Å². The number of halogens is 1. The third-order valence-electron chi connectivity index (χ3n) is 5.07. The molecule has 3 aromatic carbocycles. The number of rotatable bonds is 7. The Bertz CT molecular complexity index is 1280. The van der Waals surface area contributed by atoms with Crippen LogP contribution in [0.1, 0.15) is 19.4 Å². The molecule has 4 aromatic rings. The lowest BCUT2D eigenvalue weighted by Gasteiger charge is -2.14. The molecule has 0 aliphatic carbocycles. The summed E-state index contributed by atoms with van der Waals surface area (Å²) in [7, 11) is 0. The third-order valence-corrected chi connectivity index (χ3v) is 5.07. The molecule has 1 aromatic heterocycles. The number of hydrogen-bond acceptors (Lipinski definition) is 4. The maximum Gasteiger partial charge on any atom is 0.307 e. The Labute approximate surface area is 178 Å². The monoisotopic (exact) mass is 423 g/mol. The molecule has 1 heterocycles. The van der Waals surface area contributed by atoms with E-state index in [1.165, 1.54) is 12.1 Å². The van der Waals surface area contributed by atoms with Gasteiger partial charge in [0, 0.05) is 22.7 Å². The Hall–Kier alpha value is -3.74. The van der Waals surface area contributed by atoms with Gasteiger partial charge in [0.25, 0.3) is 0 Å². The fourth-order valence-electron chi connectivity index (χ4n) is 3.81. The van der Waals surface area contributed by atoms with Crippen LogP contribution in [0.3, 0.4) is 0 Å². The number of carboxylic acids is 1. The molecule has 0 saturated carbocycles. The van der Waals surface area contributed by atoms with Crippen molar-refractivity contribution >= 4 is 27.5 Å². The Balaban J connectivity index is 2.00. The Morgan fingerprint density at radius 3 is 2.29 bits per heavy atom. The minimum Gasteiger partial charge on any atom is -0.494 e. The number of aliphatic carboxylic acids is 1. The average Bonchev–Trinajstić information content (AvgIpc) is 3.08. The fourth-order valence-corrected chi connectivity index (χ4v) is 3.81. The molecule has 2 N–H and O–H groups in total. The molecule has 31 heavy (non-hydrogen) atoms. The quantitative estimate of drug-likeness (QED) is 0.435. The van der Waals surface area contributed by atoms with Gasteiger partial charge in [0.1, 0.15) is 17.3 Å². The summed E-state index contributed by atoms with van der Waals surface area (Å²) in [5.74, 6) is -0.435. The molecule has 160 valence electrons. The summed E-state index contributed by atoms with van der Waals surface area (Å²) >= 11 is 0. The Morgan fingerprint density at radius 1 is 0.968 bits per heavy atom. The first-order valence-corrected chi connectivity index (χ1v) is 10.0. The number of benzene rings is 3. The van der Waals surface area contributed by atoms with Crippen molar-refractivity contribution in [3.63, 3.8) is 0 Å². The summed E-state index contributed by atoms with van der Waals surface area (Å²) in [6, 6.07) is 11.2. The molecule has 0 fully saturated rings. The molecule has 0 bridgehead atoms. The SMILES string of the molecule is CCOc1c2cc(F)ccc2c(OCC)c2c(O)n(-c3ccc(CC(=O)O)cc3)cc12. The van der Waals surface area contributed by atoms with Crippen molar-refractivity contribution < 1.29 is 28.9 Å². The molecule has 0 atom stereocenters. The third kappa shape index (κ3) is 3.63. The summed E-state index contributed by atoms with van der Waals surface area (Å²) in [5, 5.41) is 22.4. The number of aromatic nitrogens is 1. The highest BCUT2D eigenvalue weighted by Gasteiger charge is 2.23. The standard InChI is InChI=1S/C24H22FNO5/c1-3-30-22-18-12-15(25)7-10-17(18)23(31-4-2)21-19(22)13-26(24(21)29)16-8-5-14(6-9-16)11-20(27)28/h5-10,12-13,29H,3-4,11H2,1-2H3,(H,27,28). The van der Waals surface area contributed by atoms with E-state index in [4.69, 9.17) is 14.6 Å². The largest absolute Gasteiger partial charge is 0.494 e. The number of carbonyl (C=O) groups is 1. The Morgan fingerprint density at radius 2 is 1.65 bits per heavy atom. The van der Waals surface area contributed by atoms with Gasteiger partial charge in [-0.25, -0.2) is 4.39 Å². The molecule has 0 radical (unpaired) electrons. The summed E-state index contributed by atoms with van der Waals surface area (Å²) in [6.07, 6.45) is 1.63. The molecule has 0 unspecified atom stereocenters. The van der Waals surface area contributed by atoms with E-state index in [9.17, 15) is 14.3 Å². The van der Waals surface area contributed by atoms with E-state index in [1.807, 2.05) is 13.8 Å². The fraction of sp³-hybridized carbons (Fsp3) is 0.208. The lowest BCUT2D eigenvalue weighted by Crippen LogP contribution is -2.00. The van der Waals surface area contributed by atoms with Crippen LogP contribution in [0.25, 0.3) is 27.2 Å². The van der Waals surface area contributed by atoms with Gasteiger partial charge in [-0.3, -0.25) is 9.36 Å². The van der Waals surface area contributed by atoms with E-state index in [2.05, 4.69) is 0 Å².